The zero-order chi connectivity index (χ0) is 25.5. The maximum absolute atomic E-state index is 13.5. The molecular weight excluding hydrogens is 546 g/mol. The largest absolute Gasteiger partial charge is 0.332 e. The van der Waals surface area contributed by atoms with Crippen LogP contribution in [0.15, 0.2) is 67.6 Å². The molecule has 9 nitrogen and oxygen atoms in total. The van der Waals surface area contributed by atoms with E-state index in [0.717, 1.165) is 31.5 Å². The number of nitrogens with zero attached hydrogens (tertiary/aromatic N) is 7. The van der Waals surface area contributed by atoms with E-state index in [-0.39, 0.29) is 5.56 Å². The number of fused-ring (bicyclic) bond motifs is 4. The minimum Gasteiger partial charge on any atom is -0.299 e. The van der Waals surface area contributed by atoms with Crippen LogP contribution < -0.4 is 21.0 Å². The number of anilines is 2. The summed E-state index contributed by atoms with van der Waals surface area (Å²) in [5.41, 5.74) is 3.05. The van der Waals surface area contributed by atoms with Crippen molar-refractivity contribution in [3.63, 3.8) is 0 Å². The van der Waals surface area contributed by atoms with Gasteiger partial charge in [-0.05, 0) is 48.9 Å². The van der Waals surface area contributed by atoms with E-state index in [1.165, 1.54) is 11.6 Å². The molecule has 0 aliphatic carbocycles. The van der Waals surface area contributed by atoms with E-state index < -0.39 is 11.7 Å². The summed E-state index contributed by atoms with van der Waals surface area (Å²) in [6, 6.07) is 15.0. The van der Waals surface area contributed by atoms with E-state index in [2.05, 4.69) is 15.9 Å². The van der Waals surface area contributed by atoms with Gasteiger partial charge in [-0.25, -0.2) is 9.48 Å². The molecule has 0 spiro atoms. The van der Waals surface area contributed by atoms with Gasteiger partial charge in [0.25, 0.3) is 5.56 Å². The SMILES string of the molecule is Cc1nn(-c2ccc(Cl)cc2)c2c1[C@@H](c1cccc(Br)c1)N1C(=N2)N(C)c2c1c(=O)n(C)c(=O)n2C. The van der Waals surface area contributed by atoms with E-state index in [0.29, 0.717) is 28.3 Å². The Kier molecular flexibility index (Phi) is 5.03. The minimum atomic E-state index is -0.403. The summed E-state index contributed by atoms with van der Waals surface area (Å²) in [7, 11) is 4.97. The van der Waals surface area contributed by atoms with Crippen LogP contribution in [0.25, 0.3) is 5.69 Å². The Morgan fingerprint density at radius 1 is 1.00 bits per heavy atom. The standard InChI is InChI=1S/C25H21BrClN7O2/c1-13-18-19(14-6-5-7-15(26)12-14)33-20-22(31(3)25(36)32(4)23(20)35)30(2)24(33)28-21(18)34(29-13)17-10-8-16(27)9-11-17/h5-12,19H,1-4H3/t19-/m1/s1. The van der Waals surface area contributed by atoms with Crippen molar-refractivity contribution in [1.29, 1.82) is 0 Å². The second kappa shape index (κ2) is 7.94. The van der Waals surface area contributed by atoms with Crippen LogP contribution in [-0.2, 0) is 14.1 Å². The highest BCUT2D eigenvalue weighted by Gasteiger charge is 2.46. The van der Waals surface area contributed by atoms with E-state index in [1.807, 2.05) is 67.4 Å². The highest BCUT2D eigenvalue weighted by Crippen LogP contribution is 2.48. The Morgan fingerprint density at radius 2 is 1.72 bits per heavy atom. The van der Waals surface area contributed by atoms with Crippen LogP contribution in [0.3, 0.4) is 0 Å². The fourth-order valence-electron chi connectivity index (χ4n) is 5.07. The number of hydrogen-bond donors (Lipinski definition) is 0. The summed E-state index contributed by atoms with van der Waals surface area (Å²) >= 11 is 9.73. The number of aryl methyl sites for hydroxylation is 1. The average molecular weight is 567 g/mol. The van der Waals surface area contributed by atoms with Crippen LogP contribution in [0.5, 0.6) is 0 Å². The summed E-state index contributed by atoms with van der Waals surface area (Å²) < 4.78 is 5.32. The predicted octanol–water partition coefficient (Wildman–Crippen LogP) is 4.04. The lowest BCUT2D eigenvalue weighted by molar-refractivity contribution is 0.686. The average Bonchev–Trinajstić information content (AvgIpc) is 3.35. The monoisotopic (exact) mass is 565 g/mol. The summed E-state index contributed by atoms with van der Waals surface area (Å²) in [6.45, 7) is 1.94. The molecule has 0 saturated carbocycles. The number of aromatic nitrogens is 4. The zero-order valence-electron chi connectivity index (χ0n) is 19.9. The quantitative estimate of drug-likeness (QED) is 0.366. The predicted molar refractivity (Wildman–Crippen MR) is 144 cm³/mol. The number of halogens is 2. The van der Waals surface area contributed by atoms with Crippen molar-refractivity contribution in [2.24, 2.45) is 19.1 Å². The first-order valence-corrected chi connectivity index (χ1v) is 12.4. The molecule has 11 heteroatoms. The van der Waals surface area contributed by atoms with Gasteiger partial charge < -0.3 is 0 Å². The fraction of sp³-hybridized carbons (Fsp3) is 0.200. The molecule has 36 heavy (non-hydrogen) atoms. The van der Waals surface area contributed by atoms with Crippen molar-refractivity contribution >= 4 is 50.8 Å². The van der Waals surface area contributed by atoms with Crippen LogP contribution in [0.4, 0.5) is 17.3 Å². The first-order chi connectivity index (χ1) is 17.2. The maximum atomic E-state index is 13.5. The molecule has 4 aromatic rings. The van der Waals surface area contributed by atoms with Crippen molar-refractivity contribution in [3.8, 4) is 5.69 Å². The van der Waals surface area contributed by atoms with Crippen molar-refractivity contribution in [3.05, 3.63) is 95.7 Å². The Hall–Kier alpha value is -3.63. The molecule has 2 aromatic carbocycles. The Labute approximate surface area is 219 Å². The van der Waals surface area contributed by atoms with Gasteiger partial charge >= 0.3 is 5.69 Å². The number of benzene rings is 2. The van der Waals surface area contributed by atoms with E-state index in [1.54, 1.807) is 16.6 Å². The molecule has 0 N–H and O–H groups in total. The van der Waals surface area contributed by atoms with E-state index in [4.69, 9.17) is 21.7 Å². The molecule has 6 rings (SSSR count). The van der Waals surface area contributed by atoms with Gasteiger partial charge in [0.1, 0.15) is 5.82 Å². The molecule has 2 aliphatic rings. The lowest BCUT2D eigenvalue weighted by Gasteiger charge is -2.34. The van der Waals surface area contributed by atoms with Crippen molar-refractivity contribution in [2.75, 3.05) is 16.8 Å². The molecule has 0 radical (unpaired) electrons. The minimum absolute atomic E-state index is 0.378. The molecular formula is C25H21BrClN7O2. The van der Waals surface area contributed by atoms with Crippen LogP contribution in [0.2, 0.25) is 5.02 Å². The first-order valence-electron chi connectivity index (χ1n) is 11.2. The molecule has 0 amide bonds. The second-order valence-electron chi connectivity index (χ2n) is 8.89. The van der Waals surface area contributed by atoms with Crippen molar-refractivity contribution in [1.82, 2.24) is 18.9 Å². The van der Waals surface area contributed by atoms with Gasteiger partial charge in [-0.1, -0.05) is 39.7 Å². The molecule has 2 aromatic heterocycles. The highest BCUT2D eigenvalue weighted by molar-refractivity contribution is 9.10. The Morgan fingerprint density at radius 3 is 2.42 bits per heavy atom. The Bertz CT molecular complexity index is 1720. The summed E-state index contributed by atoms with van der Waals surface area (Å²) in [4.78, 5) is 35.0. The summed E-state index contributed by atoms with van der Waals surface area (Å²) in [5, 5.41) is 5.47. The summed E-state index contributed by atoms with van der Waals surface area (Å²) in [5.74, 6) is 1.69. The molecule has 0 fully saturated rings. The van der Waals surface area contributed by atoms with Gasteiger partial charge in [0.15, 0.2) is 11.5 Å². The van der Waals surface area contributed by atoms with Crippen LogP contribution in [0.1, 0.15) is 22.9 Å². The van der Waals surface area contributed by atoms with Crippen LogP contribution >= 0.6 is 27.5 Å². The first kappa shape index (κ1) is 22.8. The van der Waals surface area contributed by atoms with E-state index >= 15 is 0 Å². The third-order valence-corrected chi connectivity index (χ3v) is 7.48. The number of guanidine groups is 1. The van der Waals surface area contributed by atoms with Gasteiger partial charge in [0.2, 0.25) is 5.96 Å². The number of rotatable bonds is 2. The maximum Gasteiger partial charge on any atom is 0.332 e. The van der Waals surface area contributed by atoms with Gasteiger partial charge in [-0.2, -0.15) is 10.1 Å². The smallest absolute Gasteiger partial charge is 0.299 e. The molecule has 1 atom stereocenters. The normalized spacial score (nSPS) is 16.1. The fourth-order valence-corrected chi connectivity index (χ4v) is 5.62. The Balaban J connectivity index is 1.70. The molecule has 0 unspecified atom stereocenters. The molecule has 4 heterocycles. The number of aliphatic imine (C=N–C) groups is 1. The van der Waals surface area contributed by atoms with Crippen molar-refractivity contribution < 1.29 is 0 Å². The zero-order valence-corrected chi connectivity index (χ0v) is 22.2. The third kappa shape index (κ3) is 3.07. The van der Waals surface area contributed by atoms with Crippen molar-refractivity contribution in [2.45, 2.75) is 13.0 Å². The lowest BCUT2D eigenvalue weighted by Crippen LogP contribution is -2.43. The third-order valence-electron chi connectivity index (χ3n) is 6.74. The molecule has 0 bridgehead atoms. The highest BCUT2D eigenvalue weighted by atomic mass is 79.9. The topological polar surface area (TPSA) is 80.7 Å². The molecule has 2 aliphatic heterocycles. The molecule has 0 saturated heterocycles. The van der Waals surface area contributed by atoms with E-state index in [9.17, 15) is 9.59 Å². The van der Waals surface area contributed by atoms with Gasteiger partial charge in [-0.15, -0.1) is 0 Å². The van der Waals surface area contributed by atoms with Gasteiger partial charge in [0.05, 0.1) is 17.4 Å². The number of hydrogen-bond acceptors (Lipinski definition) is 6. The second-order valence-corrected chi connectivity index (χ2v) is 10.2. The summed E-state index contributed by atoms with van der Waals surface area (Å²) in [6.07, 6.45) is 0. The van der Waals surface area contributed by atoms with Gasteiger partial charge in [-0.3, -0.25) is 23.7 Å². The van der Waals surface area contributed by atoms with Crippen LogP contribution in [0, 0.1) is 6.92 Å². The lowest BCUT2D eigenvalue weighted by atomic mass is 9.95. The molecule has 182 valence electrons. The van der Waals surface area contributed by atoms with Crippen LogP contribution in [-0.4, -0.2) is 31.9 Å². The van der Waals surface area contributed by atoms with Gasteiger partial charge in [0, 0.05) is 36.2 Å².